The molecule has 0 aromatic carbocycles. The quantitative estimate of drug-likeness (QED) is 0.710. The van der Waals surface area contributed by atoms with E-state index in [1.54, 1.807) is 16.2 Å². The van der Waals surface area contributed by atoms with Gasteiger partial charge in [-0.25, -0.2) is 9.18 Å². The lowest BCUT2D eigenvalue weighted by Crippen LogP contribution is -2.35. The second-order valence-corrected chi connectivity index (χ2v) is 7.83. The Morgan fingerprint density at radius 2 is 2.16 bits per heavy atom. The highest BCUT2D eigenvalue weighted by Crippen LogP contribution is 2.41. The van der Waals surface area contributed by atoms with Gasteiger partial charge >= 0.3 is 5.97 Å². The first-order valence-electron chi connectivity index (χ1n) is 8.00. The summed E-state index contributed by atoms with van der Waals surface area (Å²) in [5.41, 5.74) is -0.114. The zero-order valence-electron chi connectivity index (χ0n) is 14.5. The van der Waals surface area contributed by atoms with E-state index in [0.29, 0.717) is 12.2 Å². The Morgan fingerprint density at radius 1 is 1.48 bits per heavy atom. The van der Waals surface area contributed by atoms with Crippen molar-refractivity contribution in [3.05, 3.63) is 38.5 Å². The number of hydrogen-bond acceptors (Lipinski definition) is 4. The first-order chi connectivity index (χ1) is 11.6. The highest BCUT2D eigenvalue weighted by Gasteiger charge is 2.36. The molecule has 1 atom stereocenters. The van der Waals surface area contributed by atoms with Crippen LogP contribution in [0.5, 0.6) is 0 Å². The average molecular weight is 412 g/mol. The van der Waals surface area contributed by atoms with Gasteiger partial charge in [0.05, 0.1) is 24.9 Å². The van der Waals surface area contributed by atoms with Crippen LogP contribution in [-0.4, -0.2) is 26.9 Å². The highest BCUT2D eigenvalue weighted by atomic mass is 79.9. The lowest BCUT2D eigenvalue weighted by atomic mass is 9.85. The molecule has 3 heterocycles. The standard InChI is InChI=1S/C17H19BrFN3O3/c1-5-25-16(24)9-7-21-10(6-11(9)23)14-13(19)15(18)20-22(14)8-12(21)17(2,3)4/h6-7,12H,5,8H2,1-4H3/t12-/m0/s1. The van der Waals surface area contributed by atoms with E-state index in [-0.39, 0.29) is 33.9 Å². The molecule has 25 heavy (non-hydrogen) atoms. The molecule has 0 amide bonds. The van der Waals surface area contributed by atoms with E-state index >= 15 is 0 Å². The van der Waals surface area contributed by atoms with E-state index in [0.717, 1.165) is 0 Å². The zero-order valence-corrected chi connectivity index (χ0v) is 16.1. The maximum absolute atomic E-state index is 14.5. The van der Waals surface area contributed by atoms with Crippen molar-refractivity contribution in [2.24, 2.45) is 5.41 Å². The van der Waals surface area contributed by atoms with Gasteiger partial charge in [-0.1, -0.05) is 20.8 Å². The molecule has 0 spiro atoms. The molecule has 0 aliphatic carbocycles. The summed E-state index contributed by atoms with van der Waals surface area (Å²) in [5, 5.41) is 4.18. The van der Waals surface area contributed by atoms with Gasteiger partial charge in [0, 0.05) is 12.3 Å². The fraction of sp³-hybridized carbons (Fsp3) is 0.471. The molecule has 3 rings (SSSR count). The minimum atomic E-state index is -0.670. The van der Waals surface area contributed by atoms with Crippen LogP contribution in [0.1, 0.15) is 44.1 Å². The maximum atomic E-state index is 14.5. The third-order valence-corrected chi connectivity index (χ3v) is 4.86. The van der Waals surface area contributed by atoms with Crippen molar-refractivity contribution in [3.8, 4) is 11.4 Å². The Hall–Kier alpha value is -1.96. The highest BCUT2D eigenvalue weighted by molar-refractivity contribution is 9.10. The van der Waals surface area contributed by atoms with E-state index in [9.17, 15) is 14.0 Å². The molecule has 0 radical (unpaired) electrons. The van der Waals surface area contributed by atoms with Gasteiger partial charge in [0.1, 0.15) is 11.3 Å². The van der Waals surface area contributed by atoms with E-state index in [1.807, 2.05) is 20.8 Å². The lowest BCUT2D eigenvalue weighted by Gasteiger charge is -2.38. The van der Waals surface area contributed by atoms with Crippen LogP contribution in [0, 0.1) is 11.2 Å². The summed E-state index contributed by atoms with van der Waals surface area (Å²) in [6.07, 6.45) is 1.48. The molecule has 2 aromatic heterocycles. The fourth-order valence-electron chi connectivity index (χ4n) is 3.09. The predicted octanol–water partition coefficient (Wildman–Crippen LogP) is 3.39. The molecule has 134 valence electrons. The summed E-state index contributed by atoms with van der Waals surface area (Å²) in [5.74, 6) is -1.19. The first-order valence-corrected chi connectivity index (χ1v) is 8.80. The summed E-state index contributed by atoms with van der Waals surface area (Å²) in [6.45, 7) is 8.42. The van der Waals surface area contributed by atoms with Gasteiger partial charge < -0.3 is 9.30 Å². The molecule has 0 fully saturated rings. The number of hydrogen-bond donors (Lipinski definition) is 0. The van der Waals surface area contributed by atoms with Crippen molar-refractivity contribution in [1.29, 1.82) is 0 Å². The molecule has 1 aliphatic heterocycles. The van der Waals surface area contributed by atoms with Crippen LogP contribution >= 0.6 is 15.9 Å². The van der Waals surface area contributed by atoms with Gasteiger partial charge in [0.2, 0.25) is 0 Å². The van der Waals surface area contributed by atoms with Gasteiger partial charge in [-0.05, 0) is 28.3 Å². The molecule has 0 bridgehead atoms. The van der Waals surface area contributed by atoms with Crippen LogP contribution < -0.4 is 5.43 Å². The van der Waals surface area contributed by atoms with Crippen molar-refractivity contribution in [1.82, 2.24) is 14.3 Å². The maximum Gasteiger partial charge on any atom is 0.343 e. The van der Waals surface area contributed by atoms with Crippen LogP contribution in [0.3, 0.4) is 0 Å². The van der Waals surface area contributed by atoms with E-state index < -0.39 is 17.2 Å². The average Bonchev–Trinajstić information content (AvgIpc) is 2.80. The van der Waals surface area contributed by atoms with Gasteiger partial charge in [0.15, 0.2) is 15.8 Å². The fourth-order valence-corrected chi connectivity index (χ4v) is 3.47. The minimum Gasteiger partial charge on any atom is -0.462 e. The topological polar surface area (TPSA) is 66.1 Å². The summed E-state index contributed by atoms with van der Waals surface area (Å²) < 4.78 is 22.9. The summed E-state index contributed by atoms with van der Waals surface area (Å²) >= 11 is 3.11. The predicted molar refractivity (Wildman–Crippen MR) is 94.0 cm³/mol. The van der Waals surface area contributed by atoms with Gasteiger partial charge in [-0.2, -0.15) is 5.10 Å². The second kappa shape index (κ2) is 6.09. The first kappa shape index (κ1) is 17.8. The second-order valence-electron chi connectivity index (χ2n) is 7.08. The molecule has 0 saturated heterocycles. The van der Waals surface area contributed by atoms with Crippen molar-refractivity contribution >= 4 is 21.9 Å². The monoisotopic (exact) mass is 411 g/mol. The number of rotatable bonds is 2. The van der Waals surface area contributed by atoms with Crippen molar-refractivity contribution < 1.29 is 13.9 Å². The molecule has 1 aliphatic rings. The SMILES string of the molecule is CCOC(=O)c1cn2c(cc1=O)-c1c(F)c(Br)nn1C[C@H]2C(C)(C)C. The summed E-state index contributed by atoms with van der Waals surface area (Å²) in [4.78, 5) is 24.5. The number of carbonyl (C=O) groups excluding carboxylic acids is 1. The Labute approximate surface area is 152 Å². The molecular weight excluding hydrogens is 393 g/mol. The number of aromatic nitrogens is 3. The number of pyridine rings is 1. The lowest BCUT2D eigenvalue weighted by molar-refractivity contribution is 0.0522. The Kier molecular flexibility index (Phi) is 4.35. The van der Waals surface area contributed by atoms with Crippen LogP contribution in [0.2, 0.25) is 0 Å². The number of nitrogens with zero attached hydrogens (tertiary/aromatic N) is 3. The third kappa shape index (κ3) is 2.92. The number of esters is 1. The normalized spacial score (nSPS) is 16.3. The molecule has 8 heteroatoms. The van der Waals surface area contributed by atoms with Crippen LogP contribution in [0.25, 0.3) is 11.4 Å². The van der Waals surface area contributed by atoms with Crippen LogP contribution in [0.15, 0.2) is 21.7 Å². The van der Waals surface area contributed by atoms with Crippen molar-refractivity contribution in [2.75, 3.05) is 6.61 Å². The van der Waals surface area contributed by atoms with Crippen LogP contribution in [0.4, 0.5) is 4.39 Å². The Balaban J connectivity index is 2.28. The summed E-state index contributed by atoms with van der Waals surface area (Å²) in [7, 11) is 0. The number of carbonyl (C=O) groups is 1. The summed E-state index contributed by atoms with van der Waals surface area (Å²) in [6, 6.07) is 1.17. The third-order valence-electron chi connectivity index (χ3n) is 4.35. The molecule has 2 aromatic rings. The molecule has 0 N–H and O–H groups in total. The van der Waals surface area contributed by atoms with E-state index in [2.05, 4.69) is 21.0 Å². The molecular formula is C17H19BrFN3O3. The number of halogens is 2. The van der Waals surface area contributed by atoms with Crippen molar-refractivity contribution in [3.63, 3.8) is 0 Å². The van der Waals surface area contributed by atoms with Gasteiger partial charge in [0.25, 0.3) is 0 Å². The van der Waals surface area contributed by atoms with Crippen molar-refractivity contribution in [2.45, 2.75) is 40.3 Å². The van der Waals surface area contributed by atoms with E-state index in [1.165, 1.54) is 12.3 Å². The number of fused-ring (bicyclic) bond motifs is 3. The van der Waals surface area contributed by atoms with E-state index in [4.69, 9.17) is 4.74 Å². The molecule has 0 saturated carbocycles. The molecule has 6 nitrogen and oxygen atoms in total. The Bertz CT molecular complexity index is 911. The Morgan fingerprint density at radius 3 is 2.76 bits per heavy atom. The largest absolute Gasteiger partial charge is 0.462 e. The van der Waals surface area contributed by atoms with Crippen LogP contribution in [-0.2, 0) is 11.3 Å². The number of ether oxygens (including phenoxy) is 1. The minimum absolute atomic E-state index is 0.0488. The van der Waals surface area contributed by atoms with Gasteiger partial charge in [-0.15, -0.1) is 0 Å². The zero-order chi connectivity index (χ0) is 18.5. The molecule has 0 unspecified atom stereocenters. The smallest absolute Gasteiger partial charge is 0.343 e. The van der Waals surface area contributed by atoms with Gasteiger partial charge in [-0.3, -0.25) is 9.48 Å².